The van der Waals surface area contributed by atoms with Crippen LogP contribution in [0.2, 0.25) is 0 Å². The van der Waals surface area contributed by atoms with Gasteiger partial charge in [-0.3, -0.25) is 0 Å². The summed E-state index contributed by atoms with van der Waals surface area (Å²) in [6.07, 6.45) is 2.04. The zero-order valence-corrected chi connectivity index (χ0v) is 9.63. The normalized spacial score (nSPS) is 25.4. The second-order valence-corrected chi connectivity index (χ2v) is 4.46. The van der Waals surface area contributed by atoms with Crippen LogP contribution in [0.4, 0.5) is 4.39 Å². The molecular formula is C13H18FNO. The molecule has 1 saturated heterocycles. The Kier molecular flexibility index (Phi) is 3.44. The maximum absolute atomic E-state index is 14.4. The maximum atomic E-state index is 14.4. The van der Waals surface area contributed by atoms with Crippen LogP contribution >= 0.6 is 0 Å². The molecule has 16 heavy (non-hydrogen) atoms. The Morgan fingerprint density at radius 2 is 2.38 bits per heavy atom. The van der Waals surface area contributed by atoms with Gasteiger partial charge in [-0.15, -0.1) is 0 Å². The van der Waals surface area contributed by atoms with Crippen LogP contribution in [0.3, 0.4) is 0 Å². The lowest BCUT2D eigenvalue weighted by Gasteiger charge is -2.30. The molecule has 0 bridgehead atoms. The van der Waals surface area contributed by atoms with E-state index < -0.39 is 5.67 Å². The van der Waals surface area contributed by atoms with Crippen molar-refractivity contribution in [2.75, 3.05) is 20.2 Å². The van der Waals surface area contributed by atoms with Crippen LogP contribution in [0, 0.1) is 0 Å². The minimum atomic E-state index is -1.09. The Morgan fingerprint density at radius 1 is 1.50 bits per heavy atom. The molecule has 1 N–H and O–H groups in total. The summed E-state index contributed by atoms with van der Waals surface area (Å²) in [5.41, 5.74) is -0.0875. The minimum Gasteiger partial charge on any atom is -0.497 e. The number of methoxy groups -OCH3 is 1. The van der Waals surface area contributed by atoms with Gasteiger partial charge < -0.3 is 10.1 Å². The highest BCUT2D eigenvalue weighted by Crippen LogP contribution is 2.26. The van der Waals surface area contributed by atoms with Gasteiger partial charge in [0.1, 0.15) is 11.4 Å². The summed E-state index contributed by atoms with van der Waals surface area (Å²) >= 11 is 0. The zero-order chi connectivity index (χ0) is 11.4. The third-order valence-corrected chi connectivity index (χ3v) is 3.08. The Labute approximate surface area is 95.8 Å². The fourth-order valence-electron chi connectivity index (χ4n) is 2.23. The predicted octanol–water partition coefficient (Wildman–Crippen LogP) is 2.33. The number of piperidine rings is 1. The molecule has 1 heterocycles. The number of benzene rings is 1. The number of nitrogens with one attached hydrogen (secondary N) is 1. The molecule has 0 aromatic heterocycles. The highest BCUT2D eigenvalue weighted by molar-refractivity contribution is 5.29. The van der Waals surface area contributed by atoms with Gasteiger partial charge in [0.05, 0.1) is 7.11 Å². The largest absolute Gasteiger partial charge is 0.497 e. The van der Waals surface area contributed by atoms with Gasteiger partial charge in [-0.05, 0) is 37.1 Å². The fourth-order valence-corrected chi connectivity index (χ4v) is 2.23. The lowest BCUT2D eigenvalue weighted by atomic mass is 9.89. The van der Waals surface area contributed by atoms with Crippen LogP contribution in [0.1, 0.15) is 18.4 Å². The molecule has 0 amide bonds. The number of halogens is 1. The van der Waals surface area contributed by atoms with Crippen LogP contribution in [0.15, 0.2) is 24.3 Å². The summed E-state index contributed by atoms with van der Waals surface area (Å²) in [6.45, 7) is 1.40. The SMILES string of the molecule is COc1cccc(CC2(F)CCCNC2)c1. The molecule has 88 valence electrons. The molecule has 1 aromatic carbocycles. The molecule has 1 fully saturated rings. The second-order valence-electron chi connectivity index (χ2n) is 4.46. The van der Waals surface area contributed by atoms with E-state index >= 15 is 0 Å². The van der Waals surface area contributed by atoms with Crippen LogP contribution < -0.4 is 10.1 Å². The van der Waals surface area contributed by atoms with Gasteiger partial charge in [-0.1, -0.05) is 12.1 Å². The van der Waals surface area contributed by atoms with Gasteiger partial charge >= 0.3 is 0 Å². The number of hydrogen-bond donors (Lipinski definition) is 1. The van der Waals surface area contributed by atoms with Crippen LogP contribution in [-0.2, 0) is 6.42 Å². The molecule has 0 saturated carbocycles. The smallest absolute Gasteiger partial charge is 0.127 e. The Balaban J connectivity index is 2.07. The maximum Gasteiger partial charge on any atom is 0.127 e. The fraction of sp³-hybridized carbons (Fsp3) is 0.538. The standard InChI is InChI=1S/C13H18FNO/c1-16-12-5-2-4-11(8-12)9-13(14)6-3-7-15-10-13/h2,4-5,8,15H,3,6-7,9-10H2,1H3. The zero-order valence-electron chi connectivity index (χ0n) is 9.63. The Morgan fingerprint density at radius 3 is 3.06 bits per heavy atom. The number of rotatable bonds is 3. The van der Waals surface area contributed by atoms with Crippen molar-refractivity contribution in [3.8, 4) is 5.75 Å². The summed E-state index contributed by atoms with van der Waals surface area (Å²) < 4.78 is 19.5. The molecular weight excluding hydrogens is 205 g/mol. The lowest BCUT2D eigenvalue weighted by molar-refractivity contribution is 0.122. The lowest BCUT2D eigenvalue weighted by Crippen LogP contribution is -2.43. The molecule has 1 atom stereocenters. The predicted molar refractivity (Wildman–Crippen MR) is 62.6 cm³/mol. The van der Waals surface area contributed by atoms with E-state index in [1.54, 1.807) is 7.11 Å². The summed E-state index contributed by atoms with van der Waals surface area (Å²) in [4.78, 5) is 0. The molecule has 0 aliphatic carbocycles. The van der Waals surface area contributed by atoms with Crippen molar-refractivity contribution in [3.05, 3.63) is 29.8 Å². The Bertz CT molecular complexity index is 348. The summed E-state index contributed by atoms with van der Waals surface area (Å²) in [6, 6.07) is 7.66. The first-order chi connectivity index (χ1) is 7.72. The van der Waals surface area contributed by atoms with Gasteiger partial charge in [0.25, 0.3) is 0 Å². The van der Waals surface area contributed by atoms with E-state index in [0.717, 1.165) is 24.3 Å². The first-order valence-corrected chi connectivity index (χ1v) is 5.74. The average molecular weight is 223 g/mol. The van der Waals surface area contributed by atoms with Crippen molar-refractivity contribution in [3.63, 3.8) is 0 Å². The van der Waals surface area contributed by atoms with Gasteiger partial charge in [0, 0.05) is 13.0 Å². The van der Waals surface area contributed by atoms with Crippen molar-refractivity contribution in [2.45, 2.75) is 24.9 Å². The molecule has 1 aliphatic heterocycles. The van der Waals surface area contributed by atoms with E-state index in [-0.39, 0.29) is 0 Å². The van der Waals surface area contributed by atoms with Gasteiger partial charge in [-0.2, -0.15) is 0 Å². The van der Waals surface area contributed by atoms with Crippen molar-refractivity contribution in [1.29, 1.82) is 0 Å². The third-order valence-electron chi connectivity index (χ3n) is 3.08. The van der Waals surface area contributed by atoms with E-state index in [1.807, 2.05) is 24.3 Å². The number of alkyl halides is 1. The van der Waals surface area contributed by atoms with E-state index in [4.69, 9.17) is 4.74 Å². The molecule has 0 spiro atoms. The van der Waals surface area contributed by atoms with Crippen molar-refractivity contribution in [1.82, 2.24) is 5.32 Å². The summed E-state index contributed by atoms with van der Waals surface area (Å²) in [5.74, 6) is 0.796. The molecule has 3 heteroatoms. The van der Waals surface area contributed by atoms with Crippen LogP contribution in [-0.4, -0.2) is 25.9 Å². The first kappa shape index (κ1) is 11.4. The van der Waals surface area contributed by atoms with E-state index in [2.05, 4.69) is 5.32 Å². The monoisotopic (exact) mass is 223 g/mol. The summed E-state index contributed by atoms with van der Waals surface area (Å²) in [5, 5.41) is 3.12. The first-order valence-electron chi connectivity index (χ1n) is 5.74. The van der Waals surface area contributed by atoms with Gasteiger partial charge in [-0.25, -0.2) is 4.39 Å². The molecule has 0 radical (unpaired) electrons. The molecule has 1 unspecified atom stereocenters. The average Bonchev–Trinajstić information content (AvgIpc) is 2.29. The van der Waals surface area contributed by atoms with Crippen LogP contribution in [0.25, 0.3) is 0 Å². The van der Waals surface area contributed by atoms with Crippen molar-refractivity contribution in [2.24, 2.45) is 0 Å². The summed E-state index contributed by atoms with van der Waals surface area (Å²) in [7, 11) is 1.63. The van der Waals surface area contributed by atoms with E-state index in [1.165, 1.54) is 0 Å². The van der Waals surface area contributed by atoms with Crippen LogP contribution in [0.5, 0.6) is 5.75 Å². The van der Waals surface area contributed by atoms with Gasteiger partial charge in [0.15, 0.2) is 0 Å². The van der Waals surface area contributed by atoms with Crippen molar-refractivity contribution < 1.29 is 9.13 Å². The van der Waals surface area contributed by atoms with E-state index in [9.17, 15) is 4.39 Å². The molecule has 1 aromatic rings. The highest BCUT2D eigenvalue weighted by atomic mass is 19.1. The Hall–Kier alpha value is -1.09. The molecule has 1 aliphatic rings. The third kappa shape index (κ3) is 2.73. The van der Waals surface area contributed by atoms with E-state index in [0.29, 0.717) is 19.4 Å². The minimum absolute atomic E-state index is 0.463. The number of ether oxygens (including phenoxy) is 1. The molecule has 2 nitrogen and oxygen atoms in total. The quantitative estimate of drug-likeness (QED) is 0.849. The van der Waals surface area contributed by atoms with Crippen molar-refractivity contribution >= 4 is 0 Å². The second kappa shape index (κ2) is 4.83. The highest BCUT2D eigenvalue weighted by Gasteiger charge is 2.31. The van der Waals surface area contributed by atoms with Gasteiger partial charge in [0.2, 0.25) is 0 Å². The number of hydrogen-bond acceptors (Lipinski definition) is 2. The topological polar surface area (TPSA) is 21.3 Å². The molecule has 2 rings (SSSR count).